The lowest BCUT2D eigenvalue weighted by Crippen LogP contribution is -2.53. The molecule has 2 nitrogen and oxygen atoms in total. The van der Waals surface area contributed by atoms with Crippen molar-refractivity contribution in [2.45, 2.75) is 66.4 Å². The van der Waals surface area contributed by atoms with E-state index in [2.05, 4.69) is 11.8 Å². The molecule has 1 saturated carbocycles. The monoisotopic (exact) mass is 257 g/mol. The molecule has 0 unspecified atom stereocenters. The van der Waals surface area contributed by atoms with Crippen molar-refractivity contribution in [1.29, 1.82) is 0 Å². The summed E-state index contributed by atoms with van der Waals surface area (Å²) in [6, 6.07) is 0. The Balaban J connectivity index is 0.000000659. The maximum absolute atomic E-state index is 5.28. The molecule has 110 valence electrons. The summed E-state index contributed by atoms with van der Waals surface area (Å²) in [6.45, 7) is 14.1. The number of methoxy groups -OCH3 is 1. The summed E-state index contributed by atoms with van der Waals surface area (Å²) in [5, 5.41) is 0. The fraction of sp³-hybridized carbons (Fsp3) is 1.00. The summed E-state index contributed by atoms with van der Waals surface area (Å²) in [4.78, 5) is 2.55. The first-order valence-corrected chi connectivity index (χ1v) is 8.03. The Bertz CT molecular complexity index is 170. The third-order valence-corrected chi connectivity index (χ3v) is 3.91. The first-order chi connectivity index (χ1) is 8.78. The predicted molar refractivity (Wildman–Crippen MR) is 81.1 cm³/mol. The van der Waals surface area contributed by atoms with Crippen LogP contribution in [0.3, 0.4) is 0 Å². The molecule has 0 spiro atoms. The van der Waals surface area contributed by atoms with Gasteiger partial charge in [-0.15, -0.1) is 0 Å². The van der Waals surface area contributed by atoms with Crippen molar-refractivity contribution < 1.29 is 4.74 Å². The highest BCUT2D eigenvalue weighted by Crippen LogP contribution is 2.29. The van der Waals surface area contributed by atoms with Gasteiger partial charge in [-0.3, -0.25) is 4.90 Å². The topological polar surface area (TPSA) is 12.5 Å². The molecule has 0 aromatic rings. The van der Waals surface area contributed by atoms with Gasteiger partial charge in [-0.2, -0.15) is 0 Å². The molecule has 1 aliphatic heterocycles. The molecule has 2 fully saturated rings. The summed E-state index contributed by atoms with van der Waals surface area (Å²) >= 11 is 0. The van der Waals surface area contributed by atoms with Gasteiger partial charge in [0.25, 0.3) is 0 Å². The van der Waals surface area contributed by atoms with Gasteiger partial charge in [0, 0.05) is 26.7 Å². The van der Waals surface area contributed by atoms with Crippen molar-refractivity contribution in [3.63, 3.8) is 0 Å². The second kappa shape index (κ2) is 10.8. The first-order valence-electron chi connectivity index (χ1n) is 8.03. The zero-order chi connectivity index (χ0) is 14.0. The van der Waals surface area contributed by atoms with Crippen molar-refractivity contribution >= 4 is 0 Å². The fourth-order valence-electron chi connectivity index (χ4n) is 2.70. The van der Waals surface area contributed by atoms with Crippen LogP contribution in [-0.4, -0.2) is 37.7 Å². The van der Waals surface area contributed by atoms with Crippen molar-refractivity contribution in [1.82, 2.24) is 4.90 Å². The van der Waals surface area contributed by atoms with Gasteiger partial charge in [0.1, 0.15) is 0 Å². The minimum atomic E-state index is 0.525. The highest BCUT2D eigenvalue weighted by atomic mass is 16.5. The van der Waals surface area contributed by atoms with Crippen LogP contribution in [0.2, 0.25) is 0 Å². The lowest BCUT2D eigenvalue weighted by Gasteiger charge is -2.41. The smallest absolute Gasteiger partial charge is 0.0824 e. The van der Waals surface area contributed by atoms with Gasteiger partial charge < -0.3 is 4.74 Å². The van der Waals surface area contributed by atoms with E-state index in [4.69, 9.17) is 4.74 Å². The second-order valence-electron chi connectivity index (χ2n) is 5.20. The number of hydrogen-bond acceptors (Lipinski definition) is 2. The number of likely N-dealkylation sites (tertiary alicyclic amines) is 1. The third-order valence-electron chi connectivity index (χ3n) is 3.91. The van der Waals surface area contributed by atoms with Crippen LogP contribution in [0.5, 0.6) is 0 Å². The molecular formula is C16H35NO. The normalized spacial score (nSPS) is 28.3. The van der Waals surface area contributed by atoms with Crippen LogP contribution in [0, 0.1) is 11.8 Å². The third kappa shape index (κ3) is 6.19. The molecule has 2 aliphatic rings. The molecule has 0 bridgehead atoms. The second-order valence-corrected chi connectivity index (χ2v) is 5.20. The average Bonchev–Trinajstić information content (AvgIpc) is 2.40. The van der Waals surface area contributed by atoms with Crippen molar-refractivity contribution in [3.05, 3.63) is 0 Å². The van der Waals surface area contributed by atoms with Gasteiger partial charge in [0.15, 0.2) is 0 Å². The maximum atomic E-state index is 5.28. The van der Waals surface area contributed by atoms with Crippen LogP contribution in [0.1, 0.15) is 60.3 Å². The van der Waals surface area contributed by atoms with E-state index in [1.165, 1.54) is 45.3 Å². The van der Waals surface area contributed by atoms with E-state index in [9.17, 15) is 0 Å². The molecule has 0 amide bonds. The number of rotatable bonds is 3. The molecule has 18 heavy (non-hydrogen) atoms. The molecule has 1 aliphatic carbocycles. The molecule has 1 heterocycles. The zero-order valence-corrected chi connectivity index (χ0v) is 13.5. The van der Waals surface area contributed by atoms with Gasteiger partial charge in [0.05, 0.1) is 6.10 Å². The molecule has 0 aromatic heterocycles. The van der Waals surface area contributed by atoms with Gasteiger partial charge in [-0.05, 0) is 24.7 Å². The summed E-state index contributed by atoms with van der Waals surface area (Å²) in [7, 11) is 1.82. The summed E-state index contributed by atoms with van der Waals surface area (Å²) < 4.78 is 5.28. The number of hydrogen-bond donors (Lipinski definition) is 0. The largest absolute Gasteiger partial charge is 0.379 e. The Morgan fingerprint density at radius 1 is 0.944 bits per heavy atom. The minimum absolute atomic E-state index is 0.525. The van der Waals surface area contributed by atoms with Crippen molar-refractivity contribution in [2.75, 3.05) is 26.7 Å². The van der Waals surface area contributed by atoms with Crippen LogP contribution >= 0.6 is 0 Å². The molecule has 2 rings (SSSR count). The van der Waals surface area contributed by atoms with Gasteiger partial charge in [-0.25, -0.2) is 0 Å². The van der Waals surface area contributed by atoms with E-state index in [-0.39, 0.29) is 0 Å². The van der Waals surface area contributed by atoms with Crippen LogP contribution in [0.4, 0.5) is 0 Å². The lowest BCUT2D eigenvalue weighted by molar-refractivity contribution is -0.0384. The summed E-state index contributed by atoms with van der Waals surface area (Å²) in [6.07, 6.45) is 6.33. The molecule has 0 atom stereocenters. The Labute approximate surface area is 115 Å². The number of nitrogens with zero attached hydrogens (tertiary/aromatic N) is 1. The van der Waals surface area contributed by atoms with Crippen LogP contribution < -0.4 is 0 Å². The molecule has 0 N–H and O–H groups in total. The van der Waals surface area contributed by atoms with Crippen LogP contribution in [0.25, 0.3) is 0 Å². The van der Waals surface area contributed by atoms with E-state index in [0.29, 0.717) is 6.10 Å². The Morgan fingerprint density at radius 3 is 1.89 bits per heavy atom. The molecule has 1 saturated heterocycles. The first kappa shape index (κ1) is 17.9. The highest BCUT2D eigenvalue weighted by Gasteiger charge is 2.29. The summed E-state index contributed by atoms with van der Waals surface area (Å²) in [5.41, 5.74) is 0. The van der Waals surface area contributed by atoms with Crippen molar-refractivity contribution in [2.24, 2.45) is 11.8 Å². The number of ether oxygens (including phenoxy) is 1. The summed E-state index contributed by atoms with van der Waals surface area (Å²) in [5.74, 6) is 1.96. The quantitative estimate of drug-likeness (QED) is 0.751. The zero-order valence-electron chi connectivity index (χ0n) is 13.5. The lowest BCUT2D eigenvalue weighted by atomic mass is 9.82. The van der Waals surface area contributed by atoms with Gasteiger partial charge in [0.2, 0.25) is 0 Å². The Kier molecular flexibility index (Phi) is 10.8. The van der Waals surface area contributed by atoms with E-state index < -0.39 is 0 Å². The van der Waals surface area contributed by atoms with E-state index in [0.717, 1.165) is 11.8 Å². The standard InChI is InChI=1S/C12H23NO.2C2H6/c1-10-3-5-11(6-4-10)7-13-8-12(9-13)14-2;2*1-2/h10-12H,3-9H2,1-2H3;2*1-2H3. The molecule has 0 radical (unpaired) electrons. The molecular weight excluding hydrogens is 222 g/mol. The van der Waals surface area contributed by atoms with Gasteiger partial charge >= 0.3 is 0 Å². The van der Waals surface area contributed by atoms with Crippen LogP contribution in [0.15, 0.2) is 0 Å². The minimum Gasteiger partial charge on any atom is -0.379 e. The maximum Gasteiger partial charge on any atom is 0.0824 e. The predicted octanol–water partition coefficient (Wildman–Crippen LogP) is 4.20. The van der Waals surface area contributed by atoms with E-state index in [1.807, 2.05) is 34.8 Å². The Hall–Kier alpha value is -0.0800. The average molecular weight is 257 g/mol. The molecule has 0 aromatic carbocycles. The highest BCUT2D eigenvalue weighted by molar-refractivity contribution is 4.83. The van der Waals surface area contributed by atoms with Crippen molar-refractivity contribution in [3.8, 4) is 0 Å². The Morgan fingerprint density at radius 2 is 1.44 bits per heavy atom. The van der Waals surface area contributed by atoms with Gasteiger partial charge in [-0.1, -0.05) is 47.5 Å². The fourth-order valence-corrected chi connectivity index (χ4v) is 2.70. The van der Waals surface area contributed by atoms with E-state index >= 15 is 0 Å². The SMILES string of the molecule is CC.CC.COC1CN(CC2CCC(C)CC2)C1. The molecule has 2 heteroatoms. The van der Waals surface area contributed by atoms with Crippen LogP contribution in [-0.2, 0) is 4.74 Å². The van der Waals surface area contributed by atoms with E-state index in [1.54, 1.807) is 0 Å².